The summed E-state index contributed by atoms with van der Waals surface area (Å²) in [6.45, 7) is 9.57. The number of hydrogen-bond donors (Lipinski definition) is 0. The van der Waals surface area contributed by atoms with E-state index in [2.05, 4.69) is 27.7 Å². The zero-order valence-electron chi connectivity index (χ0n) is 9.84. The zero-order valence-corrected chi connectivity index (χ0v) is 9.84. The smallest absolute Gasteiger partial charge is 0.0332 e. The quantitative estimate of drug-likeness (QED) is 0.531. The van der Waals surface area contributed by atoms with Crippen molar-refractivity contribution in [3.8, 4) is 0 Å². The Bertz CT molecular complexity index is 131. The molecular weight excluding hydrogens is 156 g/mol. The van der Waals surface area contributed by atoms with Crippen LogP contribution in [0.15, 0.2) is 0 Å². The summed E-state index contributed by atoms with van der Waals surface area (Å²) in [5.74, 6) is 4.07. The Morgan fingerprint density at radius 2 is 1.62 bits per heavy atom. The summed E-state index contributed by atoms with van der Waals surface area (Å²) < 4.78 is 0. The van der Waals surface area contributed by atoms with E-state index in [1.165, 1.54) is 32.1 Å². The molecule has 3 atom stereocenters. The Morgan fingerprint density at radius 1 is 1.00 bits per heavy atom. The summed E-state index contributed by atoms with van der Waals surface area (Å²) in [6.07, 6.45) is 7.19. The van der Waals surface area contributed by atoms with Gasteiger partial charge in [-0.2, -0.15) is 0 Å². The topological polar surface area (TPSA) is 0 Å². The van der Waals surface area contributed by atoms with Gasteiger partial charge in [-0.1, -0.05) is 59.8 Å². The first-order valence-corrected chi connectivity index (χ1v) is 6.18. The van der Waals surface area contributed by atoms with Crippen molar-refractivity contribution in [1.82, 2.24) is 0 Å². The maximum Gasteiger partial charge on any atom is -0.0332 e. The lowest BCUT2D eigenvalue weighted by Gasteiger charge is -2.10. The Morgan fingerprint density at radius 3 is 2.08 bits per heavy atom. The summed E-state index contributed by atoms with van der Waals surface area (Å²) in [4.78, 5) is 0. The fourth-order valence-corrected chi connectivity index (χ4v) is 2.82. The maximum absolute atomic E-state index is 2.45. The van der Waals surface area contributed by atoms with Crippen LogP contribution in [0, 0.1) is 23.7 Å². The summed E-state index contributed by atoms with van der Waals surface area (Å²) in [5, 5.41) is 0. The van der Waals surface area contributed by atoms with E-state index >= 15 is 0 Å². The Balaban J connectivity index is 2.02. The number of rotatable bonds is 6. The van der Waals surface area contributed by atoms with Crippen LogP contribution in [0.5, 0.6) is 0 Å². The van der Waals surface area contributed by atoms with Gasteiger partial charge in [0.25, 0.3) is 0 Å². The molecule has 1 fully saturated rings. The molecule has 0 saturated heterocycles. The van der Waals surface area contributed by atoms with Crippen LogP contribution in [0.25, 0.3) is 0 Å². The lowest BCUT2D eigenvalue weighted by atomic mass is 9.96. The molecule has 0 spiro atoms. The van der Waals surface area contributed by atoms with E-state index in [1.54, 1.807) is 0 Å². The van der Waals surface area contributed by atoms with E-state index in [-0.39, 0.29) is 0 Å². The first-order chi connectivity index (χ1) is 6.18. The monoisotopic (exact) mass is 182 g/mol. The van der Waals surface area contributed by atoms with E-state index in [1.807, 2.05) is 0 Å². The molecule has 0 amide bonds. The Labute approximate surface area is 84.1 Å². The molecule has 1 aliphatic rings. The highest BCUT2D eigenvalue weighted by atomic mass is 14.5. The molecule has 0 bridgehead atoms. The molecule has 0 aliphatic heterocycles. The lowest BCUT2D eigenvalue weighted by molar-refractivity contribution is 0.414. The largest absolute Gasteiger partial charge is 0.0654 e. The van der Waals surface area contributed by atoms with Gasteiger partial charge >= 0.3 is 0 Å². The van der Waals surface area contributed by atoms with Crippen molar-refractivity contribution in [1.29, 1.82) is 0 Å². The van der Waals surface area contributed by atoms with Gasteiger partial charge in [0, 0.05) is 0 Å². The van der Waals surface area contributed by atoms with Crippen LogP contribution in [0.2, 0.25) is 0 Å². The van der Waals surface area contributed by atoms with Gasteiger partial charge in [0.2, 0.25) is 0 Å². The van der Waals surface area contributed by atoms with E-state index in [4.69, 9.17) is 0 Å². The predicted molar refractivity (Wildman–Crippen MR) is 59.7 cm³/mol. The second kappa shape index (κ2) is 5.02. The van der Waals surface area contributed by atoms with E-state index in [9.17, 15) is 0 Å². The Kier molecular flexibility index (Phi) is 4.28. The van der Waals surface area contributed by atoms with Crippen LogP contribution >= 0.6 is 0 Å². The van der Waals surface area contributed by atoms with Crippen molar-refractivity contribution in [2.75, 3.05) is 0 Å². The Hall–Kier alpha value is 0. The second-order valence-electron chi connectivity index (χ2n) is 5.12. The molecule has 1 saturated carbocycles. The van der Waals surface area contributed by atoms with Gasteiger partial charge in [0.1, 0.15) is 0 Å². The first kappa shape index (κ1) is 11.1. The molecular formula is C13H26. The number of unbranched alkanes of at least 4 members (excludes halogenated alkanes) is 3. The molecule has 3 unspecified atom stereocenters. The molecule has 0 radical (unpaired) electrons. The fraction of sp³-hybridized carbons (Fsp3) is 1.00. The van der Waals surface area contributed by atoms with Gasteiger partial charge in [-0.15, -0.1) is 0 Å². The van der Waals surface area contributed by atoms with E-state index in [0.29, 0.717) is 0 Å². The molecule has 1 rings (SSSR count). The van der Waals surface area contributed by atoms with Crippen LogP contribution in [-0.2, 0) is 0 Å². The van der Waals surface area contributed by atoms with Crippen molar-refractivity contribution in [3.63, 3.8) is 0 Å². The van der Waals surface area contributed by atoms with Gasteiger partial charge in [-0.05, 0) is 23.7 Å². The van der Waals surface area contributed by atoms with Crippen molar-refractivity contribution in [3.05, 3.63) is 0 Å². The van der Waals surface area contributed by atoms with Crippen LogP contribution in [0.1, 0.15) is 59.8 Å². The molecule has 0 N–H and O–H groups in total. The SMILES string of the molecule is CCCCCCC(C)C1C(C)C1C. The normalized spacial score (nSPS) is 34.6. The van der Waals surface area contributed by atoms with Gasteiger partial charge in [-0.3, -0.25) is 0 Å². The summed E-state index contributed by atoms with van der Waals surface area (Å²) in [6, 6.07) is 0. The standard InChI is InChI=1S/C13H26/c1-5-6-7-8-9-10(2)13-11(3)12(13)4/h10-13H,5-9H2,1-4H3. The predicted octanol–water partition coefficient (Wildman–Crippen LogP) is 4.49. The van der Waals surface area contributed by atoms with Crippen LogP contribution < -0.4 is 0 Å². The van der Waals surface area contributed by atoms with Gasteiger partial charge in [-0.25, -0.2) is 0 Å². The minimum absolute atomic E-state index is 0.988. The summed E-state index contributed by atoms with van der Waals surface area (Å²) in [7, 11) is 0. The minimum Gasteiger partial charge on any atom is -0.0654 e. The summed E-state index contributed by atoms with van der Waals surface area (Å²) >= 11 is 0. The highest BCUT2D eigenvalue weighted by Gasteiger charge is 2.45. The average Bonchev–Trinajstić information content (AvgIpc) is 2.69. The molecule has 0 nitrogen and oxygen atoms in total. The van der Waals surface area contributed by atoms with Gasteiger partial charge in [0.15, 0.2) is 0 Å². The van der Waals surface area contributed by atoms with E-state index < -0.39 is 0 Å². The van der Waals surface area contributed by atoms with Crippen LogP contribution in [0.3, 0.4) is 0 Å². The highest BCUT2D eigenvalue weighted by Crippen LogP contribution is 2.51. The molecule has 1 aliphatic carbocycles. The zero-order chi connectivity index (χ0) is 9.84. The van der Waals surface area contributed by atoms with Crippen molar-refractivity contribution < 1.29 is 0 Å². The van der Waals surface area contributed by atoms with Crippen molar-refractivity contribution in [2.45, 2.75) is 59.8 Å². The minimum atomic E-state index is 0.988. The second-order valence-corrected chi connectivity index (χ2v) is 5.12. The number of hydrogen-bond acceptors (Lipinski definition) is 0. The molecule has 0 heteroatoms. The van der Waals surface area contributed by atoms with Crippen LogP contribution in [-0.4, -0.2) is 0 Å². The van der Waals surface area contributed by atoms with Gasteiger partial charge < -0.3 is 0 Å². The van der Waals surface area contributed by atoms with Crippen LogP contribution in [0.4, 0.5) is 0 Å². The molecule has 78 valence electrons. The van der Waals surface area contributed by atoms with Gasteiger partial charge in [0.05, 0.1) is 0 Å². The summed E-state index contributed by atoms with van der Waals surface area (Å²) in [5.41, 5.74) is 0. The van der Waals surface area contributed by atoms with Crippen molar-refractivity contribution >= 4 is 0 Å². The maximum atomic E-state index is 2.45. The molecule has 13 heavy (non-hydrogen) atoms. The average molecular weight is 182 g/mol. The third-order valence-corrected chi connectivity index (χ3v) is 4.07. The lowest BCUT2D eigenvalue weighted by Crippen LogP contribution is -1.99. The first-order valence-electron chi connectivity index (χ1n) is 6.18. The van der Waals surface area contributed by atoms with Crippen molar-refractivity contribution in [2.24, 2.45) is 23.7 Å². The molecule has 0 aromatic carbocycles. The van der Waals surface area contributed by atoms with E-state index in [0.717, 1.165) is 23.7 Å². The molecule has 0 aromatic heterocycles. The molecule has 0 aromatic rings. The third kappa shape index (κ3) is 3.00. The fourth-order valence-electron chi connectivity index (χ4n) is 2.82. The highest BCUT2D eigenvalue weighted by molar-refractivity contribution is 4.93. The molecule has 0 heterocycles. The third-order valence-electron chi connectivity index (χ3n) is 4.07.